The van der Waals surface area contributed by atoms with Crippen LogP contribution in [0.5, 0.6) is 5.75 Å². The van der Waals surface area contributed by atoms with Crippen LogP contribution in [0.25, 0.3) is 0 Å². The number of benzene rings is 2. The van der Waals surface area contributed by atoms with Crippen molar-refractivity contribution in [3.05, 3.63) is 72.3 Å². The Hall–Kier alpha value is -3.94. The average molecular weight is 418 g/mol. The highest BCUT2D eigenvalue weighted by molar-refractivity contribution is 6.07. The number of aryl methyl sites for hydroxylation is 1. The molecule has 1 N–H and O–H groups in total. The average Bonchev–Trinajstić information content (AvgIpc) is 3.39. The van der Waals surface area contributed by atoms with Gasteiger partial charge in [0.15, 0.2) is 5.82 Å². The Kier molecular flexibility index (Phi) is 5.53. The Labute approximate surface area is 179 Å². The Balaban J connectivity index is 1.42. The number of amides is 2. The van der Waals surface area contributed by atoms with Crippen LogP contribution in [0.4, 0.5) is 11.4 Å². The fourth-order valence-corrected chi connectivity index (χ4v) is 3.63. The van der Waals surface area contributed by atoms with Crippen LogP contribution >= 0.6 is 0 Å². The molecule has 1 atom stereocenters. The molecule has 0 bridgehead atoms. The summed E-state index contributed by atoms with van der Waals surface area (Å²) in [7, 11) is 3.30. The molecule has 1 aromatic heterocycles. The third-order valence-corrected chi connectivity index (χ3v) is 5.31. The summed E-state index contributed by atoms with van der Waals surface area (Å²) in [5.74, 6) is -0.109. The monoisotopic (exact) mass is 418 g/mol. The maximum atomic E-state index is 12.7. The molecule has 0 aliphatic carbocycles. The predicted molar refractivity (Wildman–Crippen MR) is 115 cm³/mol. The van der Waals surface area contributed by atoms with Gasteiger partial charge < -0.3 is 19.5 Å². The second-order valence-corrected chi connectivity index (χ2v) is 7.33. The van der Waals surface area contributed by atoms with Crippen LogP contribution in [0.3, 0.4) is 0 Å². The number of nitrogens with zero attached hydrogens (tertiary/aromatic N) is 3. The van der Waals surface area contributed by atoms with Crippen LogP contribution in [-0.2, 0) is 16.6 Å². The lowest BCUT2D eigenvalue weighted by molar-refractivity contribution is -0.122. The molecule has 31 heavy (non-hydrogen) atoms. The van der Waals surface area contributed by atoms with Gasteiger partial charge in [0, 0.05) is 43.7 Å². The molecular weight excluding hydrogens is 396 g/mol. The van der Waals surface area contributed by atoms with Crippen LogP contribution in [0, 0.1) is 5.92 Å². The maximum Gasteiger partial charge on any atom is 0.229 e. The molecule has 1 saturated heterocycles. The van der Waals surface area contributed by atoms with Gasteiger partial charge in [0.1, 0.15) is 5.75 Å². The summed E-state index contributed by atoms with van der Waals surface area (Å²) in [4.78, 5) is 43.4. The quantitative estimate of drug-likeness (QED) is 0.621. The van der Waals surface area contributed by atoms with E-state index in [0.717, 1.165) is 0 Å². The predicted octanol–water partition coefficient (Wildman–Crippen LogP) is 2.65. The smallest absolute Gasteiger partial charge is 0.229 e. The molecule has 1 aliphatic heterocycles. The van der Waals surface area contributed by atoms with Crippen LogP contribution in [0.2, 0.25) is 0 Å². The minimum absolute atomic E-state index is 0.124. The second kappa shape index (κ2) is 8.43. The summed E-state index contributed by atoms with van der Waals surface area (Å²) in [6.45, 7) is 0.279. The number of hydrogen-bond acceptors (Lipinski definition) is 5. The van der Waals surface area contributed by atoms with E-state index < -0.39 is 5.92 Å². The first kappa shape index (κ1) is 20.3. The van der Waals surface area contributed by atoms with Crippen LogP contribution in [0.1, 0.15) is 22.6 Å². The van der Waals surface area contributed by atoms with Gasteiger partial charge in [0.2, 0.25) is 17.6 Å². The van der Waals surface area contributed by atoms with Crippen molar-refractivity contribution in [3.63, 3.8) is 0 Å². The molecule has 2 aromatic carbocycles. The topological polar surface area (TPSA) is 93.5 Å². The first-order chi connectivity index (χ1) is 15.0. The van der Waals surface area contributed by atoms with E-state index in [1.165, 1.54) is 0 Å². The molecule has 0 spiro atoms. The van der Waals surface area contributed by atoms with E-state index in [0.29, 0.717) is 28.5 Å². The van der Waals surface area contributed by atoms with Gasteiger partial charge in [-0.25, -0.2) is 4.98 Å². The zero-order valence-electron chi connectivity index (χ0n) is 17.2. The van der Waals surface area contributed by atoms with Gasteiger partial charge in [-0.3, -0.25) is 14.4 Å². The number of carbonyl (C=O) groups excluding carboxylic acids is 3. The highest BCUT2D eigenvalue weighted by Gasteiger charge is 2.36. The minimum atomic E-state index is -0.480. The number of methoxy groups -OCH3 is 1. The molecule has 1 fully saturated rings. The maximum absolute atomic E-state index is 12.7. The number of imidazole rings is 1. The minimum Gasteiger partial charge on any atom is -0.495 e. The number of anilines is 2. The van der Waals surface area contributed by atoms with Crippen LogP contribution < -0.4 is 15.0 Å². The van der Waals surface area contributed by atoms with E-state index in [2.05, 4.69) is 10.3 Å². The zero-order chi connectivity index (χ0) is 22.0. The zero-order valence-corrected chi connectivity index (χ0v) is 17.2. The van der Waals surface area contributed by atoms with Gasteiger partial charge in [-0.2, -0.15) is 0 Å². The number of para-hydroxylation sites is 2. The lowest BCUT2D eigenvalue weighted by Crippen LogP contribution is -2.28. The summed E-state index contributed by atoms with van der Waals surface area (Å²) >= 11 is 0. The molecule has 8 heteroatoms. The lowest BCUT2D eigenvalue weighted by Gasteiger charge is -2.19. The van der Waals surface area contributed by atoms with Crippen LogP contribution in [0.15, 0.2) is 60.9 Å². The Morgan fingerprint density at radius 2 is 1.87 bits per heavy atom. The summed E-state index contributed by atoms with van der Waals surface area (Å²) < 4.78 is 6.99. The molecule has 4 rings (SSSR count). The fourth-order valence-electron chi connectivity index (χ4n) is 3.63. The number of hydrogen-bond donors (Lipinski definition) is 1. The second-order valence-electron chi connectivity index (χ2n) is 7.33. The molecule has 0 radical (unpaired) electrons. The first-order valence-corrected chi connectivity index (χ1v) is 9.84. The fraction of sp³-hybridized carbons (Fsp3) is 0.217. The standard InChI is InChI=1S/C23H22N4O4/c1-26-12-11-24-22(26)21(29)15-7-9-17(10-8-15)25-23(30)16-13-20(28)27(14-16)18-5-3-4-6-19(18)31-2/h3-12,16H,13-14H2,1-2H3,(H,25,30). The SMILES string of the molecule is COc1ccccc1N1CC(C(=O)Nc2ccc(C(=O)c3nccn3C)cc2)CC1=O. The van der Waals surface area contributed by atoms with Gasteiger partial charge in [-0.15, -0.1) is 0 Å². The number of carbonyl (C=O) groups is 3. The Morgan fingerprint density at radius 1 is 1.13 bits per heavy atom. The van der Waals surface area contributed by atoms with Gasteiger partial charge >= 0.3 is 0 Å². The number of ether oxygens (including phenoxy) is 1. The van der Waals surface area contributed by atoms with E-state index in [-0.39, 0.29) is 30.6 Å². The van der Waals surface area contributed by atoms with Crippen molar-refractivity contribution in [1.29, 1.82) is 0 Å². The van der Waals surface area contributed by atoms with E-state index in [1.807, 2.05) is 12.1 Å². The molecule has 2 amide bonds. The van der Waals surface area contributed by atoms with Crippen molar-refractivity contribution in [2.24, 2.45) is 13.0 Å². The summed E-state index contributed by atoms with van der Waals surface area (Å²) in [5, 5.41) is 2.84. The first-order valence-electron chi connectivity index (χ1n) is 9.84. The summed E-state index contributed by atoms with van der Waals surface area (Å²) in [5.41, 5.74) is 1.69. The van der Waals surface area contributed by atoms with E-state index in [1.54, 1.807) is 72.4 Å². The third-order valence-electron chi connectivity index (χ3n) is 5.31. The molecule has 1 aliphatic rings. The number of rotatable bonds is 6. The van der Waals surface area contributed by atoms with Crippen LogP contribution in [-0.4, -0.2) is 40.8 Å². The summed E-state index contributed by atoms with van der Waals surface area (Å²) in [6, 6.07) is 13.9. The highest BCUT2D eigenvalue weighted by atomic mass is 16.5. The lowest BCUT2D eigenvalue weighted by atomic mass is 10.1. The Bertz CT molecular complexity index is 1140. The van der Waals surface area contributed by atoms with Crippen molar-refractivity contribution in [2.45, 2.75) is 6.42 Å². The molecule has 158 valence electrons. The molecule has 3 aromatic rings. The third kappa shape index (κ3) is 4.05. The number of nitrogens with one attached hydrogen (secondary N) is 1. The van der Waals surface area contributed by atoms with Crippen molar-refractivity contribution in [1.82, 2.24) is 9.55 Å². The largest absolute Gasteiger partial charge is 0.495 e. The molecular formula is C23H22N4O4. The molecule has 2 heterocycles. The van der Waals surface area contributed by atoms with Crippen molar-refractivity contribution in [2.75, 3.05) is 23.9 Å². The van der Waals surface area contributed by atoms with Gasteiger partial charge in [0.05, 0.1) is 18.7 Å². The van der Waals surface area contributed by atoms with E-state index in [9.17, 15) is 14.4 Å². The van der Waals surface area contributed by atoms with Gasteiger partial charge in [-0.1, -0.05) is 12.1 Å². The van der Waals surface area contributed by atoms with Crippen molar-refractivity contribution in [3.8, 4) is 5.75 Å². The number of ketones is 1. The summed E-state index contributed by atoms with van der Waals surface area (Å²) in [6.07, 6.45) is 3.40. The van der Waals surface area contributed by atoms with E-state index >= 15 is 0 Å². The molecule has 8 nitrogen and oxygen atoms in total. The normalized spacial score (nSPS) is 15.7. The van der Waals surface area contributed by atoms with E-state index in [4.69, 9.17) is 4.74 Å². The Morgan fingerprint density at radius 3 is 2.55 bits per heavy atom. The highest BCUT2D eigenvalue weighted by Crippen LogP contribution is 2.33. The molecule has 0 saturated carbocycles. The van der Waals surface area contributed by atoms with Crippen molar-refractivity contribution >= 4 is 29.0 Å². The molecule has 1 unspecified atom stereocenters. The number of aromatic nitrogens is 2. The van der Waals surface area contributed by atoms with Crippen molar-refractivity contribution < 1.29 is 19.1 Å². The van der Waals surface area contributed by atoms with Gasteiger partial charge in [0.25, 0.3) is 0 Å². The van der Waals surface area contributed by atoms with Gasteiger partial charge in [-0.05, 0) is 36.4 Å².